The SMILES string of the molecule is Cn1cc(-c2ccc(COc3cnc4oc(-c5cccnc5)nc4c3)nc2)cn1. The summed E-state index contributed by atoms with van der Waals surface area (Å²) in [4.78, 5) is 17.3. The van der Waals surface area contributed by atoms with E-state index < -0.39 is 0 Å². The molecule has 5 aromatic rings. The normalized spacial score (nSPS) is 11.1. The molecule has 0 saturated carbocycles. The zero-order valence-electron chi connectivity index (χ0n) is 15.6. The fourth-order valence-electron chi connectivity index (χ4n) is 2.90. The Morgan fingerprint density at radius 2 is 1.97 bits per heavy atom. The van der Waals surface area contributed by atoms with Crippen LogP contribution in [0.4, 0.5) is 0 Å². The molecule has 0 aliphatic rings. The van der Waals surface area contributed by atoms with Crippen molar-refractivity contribution in [3.05, 3.63) is 73.2 Å². The quantitative estimate of drug-likeness (QED) is 0.457. The van der Waals surface area contributed by atoms with Crippen LogP contribution in [-0.2, 0) is 13.7 Å². The van der Waals surface area contributed by atoms with Crippen molar-refractivity contribution in [2.75, 3.05) is 0 Å². The maximum absolute atomic E-state index is 5.83. The van der Waals surface area contributed by atoms with Crippen molar-refractivity contribution in [1.82, 2.24) is 29.7 Å². The topological polar surface area (TPSA) is 91.8 Å². The van der Waals surface area contributed by atoms with Crippen LogP contribution in [-0.4, -0.2) is 29.7 Å². The summed E-state index contributed by atoms with van der Waals surface area (Å²) in [6.07, 6.45) is 10.6. The average Bonchev–Trinajstić information content (AvgIpc) is 3.39. The largest absolute Gasteiger partial charge is 0.486 e. The first-order valence-electron chi connectivity index (χ1n) is 8.98. The summed E-state index contributed by atoms with van der Waals surface area (Å²) in [5.74, 6) is 1.08. The molecule has 0 aliphatic heterocycles. The fourth-order valence-corrected chi connectivity index (χ4v) is 2.90. The fraction of sp³-hybridized carbons (Fsp3) is 0.0952. The van der Waals surface area contributed by atoms with E-state index in [-0.39, 0.29) is 0 Å². The van der Waals surface area contributed by atoms with Gasteiger partial charge in [-0.3, -0.25) is 14.6 Å². The minimum Gasteiger partial charge on any atom is -0.486 e. The van der Waals surface area contributed by atoms with Crippen LogP contribution in [0.2, 0.25) is 0 Å². The molecule has 142 valence electrons. The van der Waals surface area contributed by atoms with Crippen molar-refractivity contribution in [2.45, 2.75) is 6.61 Å². The molecule has 0 aliphatic carbocycles. The number of aromatic nitrogens is 6. The summed E-state index contributed by atoms with van der Waals surface area (Å²) >= 11 is 0. The van der Waals surface area contributed by atoms with E-state index >= 15 is 0 Å². The Balaban J connectivity index is 1.30. The second-order valence-corrected chi connectivity index (χ2v) is 6.49. The minimum atomic E-state index is 0.327. The van der Waals surface area contributed by atoms with Crippen LogP contribution in [0.5, 0.6) is 5.75 Å². The molecule has 0 fully saturated rings. The lowest BCUT2D eigenvalue weighted by Crippen LogP contribution is -1.98. The molecule has 0 spiro atoms. The molecule has 8 nitrogen and oxygen atoms in total. The highest BCUT2D eigenvalue weighted by Gasteiger charge is 2.11. The van der Waals surface area contributed by atoms with Crippen molar-refractivity contribution >= 4 is 11.2 Å². The molecule has 5 aromatic heterocycles. The molecule has 8 heteroatoms. The number of ether oxygens (including phenoxy) is 1. The van der Waals surface area contributed by atoms with Gasteiger partial charge >= 0.3 is 0 Å². The van der Waals surface area contributed by atoms with Gasteiger partial charge in [-0.1, -0.05) is 6.07 Å². The Kier molecular flexibility index (Phi) is 4.21. The standard InChI is InChI=1S/C21H16N6O2/c1-27-12-16(10-25-27)14-4-5-17(23-9-14)13-28-18-7-19-21(24-11-18)29-20(26-19)15-3-2-6-22-8-15/h2-12H,13H2,1H3. The van der Waals surface area contributed by atoms with Crippen LogP contribution in [0.25, 0.3) is 33.8 Å². The van der Waals surface area contributed by atoms with Gasteiger partial charge in [0.15, 0.2) is 0 Å². The van der Waals surface area contributed by atoms with Gasteiger partial charge in [0.1, 0.15) is 17.9 Å². The van der Waals surface area contributed by atoms with Crippen LogP contribution in [0.1, 0.15) is 5.69 Å². The van der Waals surface area contributed by atoms with Crippen LogP contribution in [0.15, 0.2) is 71.9 Å². The summed E-state index contributed by atoms with van der Waals surface area (Å²) in [5.41, 5.74) is 4.73. The summed E-state index contributed by atoms with van der Waals surface area (Å²) in [6, 6.07) is 9.46. The van der Waals surface area contributed by atoms with Gasteiger partial charge in [-0.05, 0) is 18.2 Å². The summed E-state index contributed by atoms with van der Waals surface area (Å²) in [6.45, 7) is 0.327. The molecule has 0 N–H and O–H groups in total. The Bertz CT molecular complexity index is 1260. The van der Waals surface area contributed by atoms with Crippen molar-refractivity contribution in [1.29, 1.82) is 0 Å². The third-order valence-corrected chi connectivity index (χ3v) is 4.38. The smallest absolute Gasteiger partial charge is 0.247 e. The maximum atomic E-state index is 5.83. The number of aryl methyl sites for hydroxylation is 1. The Morgan fingerprint density at radius 1 is 1.00 bits per heavy atom. The van der Waals surface area contributed by atoms with Crippen molar-refractivity contribution in [3.8, 4) is 28.3 Å². The molecule has 0 atom stereocenters. The summed E-state index contributed by atoms with van der Waals surface area (Å²) in [5, 5.41) is 4.18. The van der Waals surface area contributed by atoms with Crippen LogP contribution in [0, 0.1) is 0 Å². The Labute approximate surface area is 165 Å². The third kappa shape index (κ3) is 3.55. The molecule has 5 heterocycles. The summed E-state index contributed by atoms with van der Waals surface area (Å²) < 4.78 is 13.3. The first-order chi connectivity index (χ1) is 14.2. The molecule has 29 heavy (non-hydrogen) atoms. The molecule has 0 aromatic carbocycles. The lowest BCUT2D eigenvalue weighted by atomic mass is 10.1. The van der Waals surface area contributed by atoms with Crippen LogP contribution in [0.3, 0.4) is 0 Å². The molecular formula is C21H16N6O2. The number of hydrogen-bond acceptors (Lipinski definition) is 7. The number of pyridine rings is 3. The van der Waals surface area contributed by atoms with Gasteiger partial charge in [0.05, 0.1) is 23.7 Å². The molecular weight excluding hydrogens is 368 g/mol. The molecule has 0 bridgehead atoms. The van der Waals surface area contributed by atoms with Crippen LogP contribution >= 0.6 is 0 Å². The highest BCUT2D eigenvalue weighted by Crippen LogP contribution is 2.25. The van der Waals surface area contributed by atoms with E-state index in [0.717, 1.165) is 22.4 Å². The predicted octanol–water partition coefficient (Wildman–Crippen LogP) is 3.66. The zero-order chi connectivity index (χ0) is 19.6. The average molecular weight is 384 g/mol. The van der Waals surface area contributed by atoms with E-state index in [0.29, 0.717) is 29.5 Å². The molecule has 0 unspecified atom stereocenters. The Morgan fingerprint density at radius 3 is 2.72 bits per heavy atom. The number of rotatable bonds is 5. The van der Waals surface area contributed by atoms with Gasteiger partial charge in [-0.15, -0.1) is 0 Å². The number of fused-ring (bicyclic) bond motifs is 1. The molecule has 0 radical (unpaired) electrons. The van der Waals surface area contributed by atoms with Gasteiger partial charge < -0.3 is 9.15 Å². The molecule has 5 rings (SSSR count). The third-order valence-electron chi connectivity index (χ3n) is 4.38. The lowest BCUT2D eigenvalue weighted by molar-refractivity contribution is 0.300. The van der Waals surface area contributed by atoms with E-state index in [9.17, 15) is 0 Å². The van der Waals surface area contributed by atoms with E-state index in [1.54, 1.807) is 29.3 Å². The van der Waals surface area contributed by atoms with Crippen molar-refractivity contribution in [3.63, 3.8) is 0 Å². The second-order valence-electron chi connectivity index (χ2n) is 6.49. The van der Waals surface area contributed by atoms with Gasteiger partial charge in [0, 0.05) is 49.0 Å². The highest BCUT2D eigenvalue weighted by molar-refractivity contribution is 5.73. The van der Waals surface area contributed by atoms with E-state index in [1.807, 2.05) is 49.9 Å². The van der Waals surface area contributed by atoms with Gasteiger partial charge in [0.25, 0.3) is 0 Å². The minimum absolute atomic E-state index is 0.327. The van der Waals surface area contributed by atoms with Gasteiger partial charge in [-0.25, -0.2) is 9.97 Å². The number of oxazole rings is 1. The first-order valence-corrected chi connectivity index (χ1v) is 8.98. The monoisotopic (exact) mass is 384 g/mol. The van der Waals surface area contributed by atoms with Crippen molar-refractivity contribution in [2.24, 2.45) is 7.05 Å². The van der Waals surface area contributed by atoms with E-state index in [4.69, 9.17) is 9.15 Å². The summed E-state index contributed by atoms with van der Waals surface area (Å²) in [7, 11) is 1.89. The van der Waals surface area contributed by atoms with E-state index in [1.165, 1.54) is 0 Å². The lowest BCUT2D eigenvalue weighted by Gasteiger charge is -2.05. The number of hydrogen-bond donors (Lipinski definition) is 0. The molecule has 0 amide bonds. The first kappa shape index (κ1) is 17.1. The highest BCUT2D eigenvalue weighted by atomic mass is 16.5. The van der Waals surface area contributed by atoms with Crippen molar-refractivity contribution < 1.29 is 9.15 Å². The van der Waals surface area contributed by atoms with Gasteiger partial charge in [-0.2, -0.15) is 5.10 Å². The Hall–Kier alpha value is -4.07. The van der Waals surface area contributed by atoms with Crippen LogP contribution < -0.4 is 4.74 Å². The van der Waals surface area contributed by atoms with E-state index in [2.05, 4.69) is 25.0 Å². The number of nitrogens with zero attached hydrogens (tertiary/aromatic N) is 6. The van der Waals surface area contributed by atoms with Gasteiger partial charge in [0.2, 0.25) is 11.6 Å². The maximum Gasteiger partial charge on any atom is 0.247 e. The second kappa shape index (κ2) is 7.16. The predicted molar refractivity (Wildman–Crippen MR) is 106 cm³/mol. The zero-order valence-corrected chi connectivity index (χ0v) is 15.6. The molecule has 0 saturated heterocycles.